The molecule has 6 heteroatoms. The molecule has 2 N–H and O–H groups in total. The highest BCUT2D eigenvalue weighted by Crippen LogP contribution is 2.41. The van der Waals surface area contributed by atoms with Crippen molar-refractivity contribution < 1.29 is 18.3 Å². The van der Waals surface area contributed by atoms with E-state index in [-0.39, 0.29) is 16.7 Å². The third kappa shape index (κ3) is 5.14. The van der Waals surface area contributed by atoms with Gasteiger partial charge in [-0.15, -0.1) is 0 Å². The summed E-state index contributed by atoms with van der Waals surface area (Å²) < 4.78 is 28.9. The summed E-state index contributed by atoms with van der Waals surface area (Å²) in [5.41, 5.74) is 1.77. The van der Waals surface area contributed by atoms with Crippen LogP contribution in [0.3, 0.4) is 0 Å². The number of hydrogen-bond donors (Lipinski definition) is 2. The molecule has 4 rings (SSSR count). The van der Waals surface area contributed by atoms with E-state index < -0.39 is 16.0 Å². The number of benzene rings is 3. The molecule has 0 amide bonds. The van der Waals surface area contributed by atoms with Crippen molar-refractivity contribution in [2.24, 2.45) is 5.41 Å². The van der Waals surface area contributed by atoms with Crippen molar-refractivity contribution >= 4 is 26.8 Å². The quantitative estimate of drug-likeness (QED) is 0.542. The van der Waals surface area contributed by atoms with E-state index in [4.69, 9.17) is 5.11 Å². The molecule has 1 aliphatic rings. The van der Waals surface area contributed by atoms with E-state index in [1.165, 1.54) is 0 Å². The molecule has 0 spiro atoms. The average molecular weight is 438 g/mol. The van der Waals surface area contributed by atoms with Gasteiger partial charge in [-0.1, -0.05) is 67.4 Å². The lowest BCUT2D eigenvalue weighted by Crippen LogP contribution is -2.37. The average Bonchev–Trinajstić information content (AvgIpc) is 3.22. The molecule has 0 aliphatic heterocycles. The molecule has 31 heavy (non-hydrogen) atoms. The predicted molar refractivity (Wildman–Crippen MR) is 122 cm³/mol. The van der Waals surface area contributed by atoms with Gasteiger partial charge in [0.2, 0.25) is 10.0 Å². The molecule has 0 bridgehead atoms. The molecule has 1 aliphatic carbocycles. The van der Waals surface area contributed by atoms with Crippen LogP contribution in [0, 0.1) is 5.41 Å². The first kappa shape index (κ1) is 21.5. The number of fused-ring (bicyclic) bond motifs is 1. The molecule has 0 heterocycles. The summed E-state index contributed by atoms with van der Waals surface area (Å²) in [5.74, 6) is -0.844. The van der Waals surface area contributed by atoms with Crippen LogP contribution in [-0.2, 0) is 27.7 Å². The van der Waals surface area contributed by atoms with E-state index in [9.17, 15) is 13.2 Å². The molecule has 0 radical (unpaired) electrons. The Labute approximate surface area is 183 Å². The first-order valence-corrected chi connectivity index (χ1v) is 12.1. The minimum Gasteiger partial charge on any atom is -0.481 e. The third-order valence-electron chi connectivity index (χ3n) is 6.29. The fourth-order valence-corrected chi connectivity index (χ4v) is 5.78. The van der Waals surface area contributed by atoms with Gasteiger partial charge in [-0.3, -0.25) is 4.79 Å². The SMILES string of the molecule is O=C(O)Cc1ccc(CC2(CNS(=O)(=O)c3ccc4ccccc4c3)CCCC2)cc1. The van der Waals surface area contributed by atoms with E-state index in [1.54, 1.807) is 12.1 Å². The number of aliphatic carboxylic acids is 1. The fourth-order valence-electron chi connectivity index (χ4n) is 4.59. The standard InChI is InChI=1S/C25H27NO4S/c27-24(28)15-19-7-9-20(10-8-19)17-25(13-3-4-14-25)18-26-31(29,30)23-12-11-21-5-1-2-6-22(21)16-23/h1-2,5-12,16,26H,3-4,13-15,17-18H2,(H,27,28). The number of sulfonamides is 1. The van der Waals surface area contributed by atoms with Gasteiger partial charge in [-0.25, -0.2) is 13.1 Å². The number of hydrogen-bond acceptors (Lipinski definition) is 3. The first-order chi connectivity index (χ1) is 14.9. The van der Waals surface area contributed by atoms with Crippen molar-refractivity contribution in [2.45, 2.75) is 43.4 Å². The highest BCUT2D eigenvalue weighted by Gasteiger charge is 2.35. The Morgan fingerprint density at radius 3 is 2.23 bits per heavy atom. The van der Waals surface area contributed by atoms with Gasteiger partial charge >= 0.3 is 5.97 Å². The van der Waals surface area contributed by atoms with Crippen molar-refractivity contribution in [1.29, 1.82) is 0 Å². The Balaban J connectivity index is 1.49. The predicted octanol–water partition coefficient (Wildman–Crippen LogP) is 4.55. The number of carbonyl (C=O) groups is 1. The van der Waals surface area contributed by atoms with Crippen molar-refractivity contribution in [3.8, 4) is 0 Å². The maximum atomic E-state index is 13.0. The van der Waals surface area contributed by atoms with Crippen molar-refractivity contribution in [3.05, 3.63) is 77.9 Å². The van der Waals surface area contributed by atoms with Crippen molar-refractivity contribution in [1.82, 2.24) is 4.72 Å². The van der Waals surface area contributed by atoms with Gasteiger partial charge in [0.05, 0.1) is 11.3 Å². The maximum absolute atomic E-state index is 13.0. The molecule has 0 aromatic heterocycles. The maximum Gasteiger partial charge on any atom is 0.307 e. The molecule has 3 aromatic carbocycles. The van der Waals surface area contributed by atoms with Crippen LogP contribution in [0.4, 0.5) is 0 Å². The highest BCUT2D eigenvalue weighted by atomic mass is 32.2. The molecule has 3 aromatic rings. The van der Waals surface area contributed by atoms with Gasteiger partial charge in [-0.05, 0) is 58.7 Å². The van der Waals surface area contributed by atoms with E-state index in [2.05, 4.69) is 4.72 Å². The largest absolute Gasteiger partial charge is 0.481 e. The van der Waals surface area contributed by atoms with Gasteiger partial charge in [0.25, 0.3) is 0 Å². The summed E-state index contributed by atoms with van der Waals surface area (Å²) in [6.45, 7) is 0.402. The number of carboxylic acid groups (broad SMARTS) is 1. The molecule has 0 saturated heterocycles. The lowest BCUT2D eigenvalue weighted by atomic mass is 9.80. The smallest absolute Gasteiger partial charge is 0.307 e. The molecule has 0 unspecified atom stereocenters. The van der Waals surface area contributed by atoms with Crippen LogP contribution in [0.1, 0.15) is 36.8 Å². The van der Waals surface area contributed by atoms with Crippen molar-refractivity contribution in [3.63, 3.8) is 0 Å². The van der Waals surface area contributed by atoms with Crippen LogP contribution >= 0.6 is 0 Å². The summed E-state index contributed by atoms with van der Waals surface area (Å²) in [4.78, 5) is 11.2. The molecule has 0 atom stereocenters. The second-order valence-electron chi connectivity index (χ2n) is 8.60. The zero-order chi connectivity index (χ0) is 21.9. The van der Waals surface area contributed by atoms with Gasteiger partial charge in [0.1, 0.15) is 0 Å². The van der Waals surface area contributed by atoms with Crippen LogP contribution in [0.15, 0.2) is 71.6 Å². The van der Waals surface area contributed by atoms with E-state index in [1.807, 2.05) is 54.6 Å². The van der Waals surface area contributed by atoms with E-state index in [0.29, 0.717) is 6.54 Å². The Hall–Kier alpha value is -2.70. The van der Waals surface area contributed by atoms with Gasteiger partial charge in [-0.2, -0.15) is 0 Å². The lowest BCUT2D eigenvalue weighted by Gasteiger charge is -2.29. The molecule has 1 saturated carbocycles. The summed E-state index contributed by atoms with van der Waals surface area (Å²) >= 11 is 0. The Morgan fingerprint density at radius 2 is 1.55 bits per heavy atom. The summed E-state index contributed by atoms with van der Waals surface area (Å²) in [6.07, 6.45) is 4.93. The fraction of sp³-hybridized carbons (Fsp3) is 0.320. The monoisotopic (exact) mass is 437 g/mol. The molecular weight excluding hydrogens is 410 g/mol. The Bertz CT molecular complexity index is 1180. The van der Waals surface area contributed by atoms with Crippen molar-refractivity contribution in [2.75, 3.05) is 6.54 Å². The molecule has 162 valence electrons. The second kappa shape index (κ2) is 8.81. The summed E-state index contributed by atoms with van der Waals surface area (Å²) in [7, 11) is -3.61. The zero-order valence-corrected chi connectivity index (χ0v) is 18.2. The van der Waals surface area contributed by atoms with Crippen LogP contribution in [0.2, 0.25) is 0 Å². The van der Waals surface area contributed by atoms with Gasteiger partial charge in [0, 0.05) is 6.54 Å². The van der Waals surface area contributed by atoms with Crippen LogP contribution in [-0.4, -0.2) is 26.0 Å². The summed E-state index contributed by atoms with van der Waals surface area (Å²) in [6, 6.07) is 20.6. The number of carboxylic acids is 1. The molecule has 1 fully saturated rings. The lowest BCUT2D eigenvalue weighted by molar-refractivity contribution is -0.136. The van der Waals surface area contributed by atoms with Gasteiger partial charge in [0.15, 0.2) is 0 Å². The van der Waals surface area contributed by atoms with Crippen LogP contribution in [0.5, 0.6) is 0 Å². The Morgan fingerprint density at radius 1 is 0.903 bits per heavy atom. The molecular formula is C25H27NO4S. The minimum atomic E-state index is -3.61. The van der Waals surface area contributed by atoms with E-state index in [0.717, 1.165) is 54.0 Å². The second-order valence-corrected chi connectivity index (χ2v) is 10.4. The Kier molecular flexibility index (Phi) is 6.12. The highest BCUT2D eigenvalue weighted by molar-refractivity contribution is 7.89. The zero-order valence-electron chi connectivity index (χ0n) is 17.4. The van der Waals surface area contributed by atoms with Crippen LogP contribution in [0.25, 0.3) is 10.8 Å². The third-order valence-corrected chi connectivity index (χ3v) is 7.69. The van der Waals surface area contributed by atoms with Gasteiger partial charge < -0.3 is 5.11 Å². The van der Waals surface area contributed by atoms with Crippen LogP contribution < -0.4 is 4.72 Å². The minimum absolute atomic E-state index is 0.0109. The normalized spacial score (nSPS) is 15.9. The molecule has 5 nitrogen and oxygen atoms in total. The number of rotatable bonds is 8. The first-order valence-electron chi connectivity index (χ1n) is 10.6. The van der Waals surface area contributed by atoms with E-state index >= 15 is 0 Å². The topological polar surface area (TPSA) is 83.5 Å². The summed E-state index contributed by atoms with van der Waals surface area (Å²) in [5, 5.41) is 10.9. The number of nitrogens with one attached hydrogen (secondary N) is 1.